The zero-order chi connectivity index (χ0) is 32.5. The van der Waals surface area contributed by atoms with Crippen molar-refractivity contribution in [1.82, 2.24) is 0 Å². The molecular formula is C41H47NO4. The van der Waals surface area contributed by atoms with Crippen LogP contribution in [0, 0.1) is 11.8 Å². The van der Waals surface area contributed by atoms with Gasteiger partial charge in [0.05, 0.1) is 24.8 Å². The second-order valence-electron chi connectivity index (χ2n) is 12.9. The second kappa shape index (κ2) is 15.7. The predicted molar refractivity (Wildman–Crippen MR) is 188 cm³/mol. The highest BCUT2D eigenvalue weighted by Crippen LogP contribution is 2.36. The number of benzene rings is 4. The number of nitrogens with one attached hydrogen (secondary N) is 1. The maximum atomic E-state index is 11.7. The molecule has 5 rings (SSSR count). The van der Waals surface area contributed by atoms with Gasteiger partial charge in [-0.1, -0.05) is 88.4 Å². The molecular weight excluding hydrogens is 570 g/mol. The standard InChI is InChI=1S/C41H47NO4/c1-6-44-40(43)12-9-23-45-38-11-8-7-10-36(38)39-27-34-26-35(21-22-37(34)46-39)42-41(32-17-13-30(14-18-32)24-28(2)3)33-19-15-31(16-20-33)25-29(4)5/h7-8,10-11,13-22,26-29,41-42H,6,9,12,23-25H2,1-5H3. The smallest absolute Gasteiger partial charge is 0.305 e. The van der Waals surface area contributed by atoms with Gasteiger partial charge in [0, 0.05) is 17.5 Å². The van der Waals surface area contributed by atoms with E-state index in [1.165, 1.54) is 22.3 Å². The summed E-state index contributed by atoms with van der Waals surface area (Å²) >= 11 is 0. The summed E-state index contributed by atoms with van der Waals surface area (Å²) in [5.41, 5.74) is 7.89. The van der Waals surface area contributed by atoms with Crippen LogP contribution in [0.1, 0.15) is 75.8 Å². The van der Waals surface area contributed by atoms with Crippen molar-refractivity contribution in [2.75, 3.05) is 18.5 Å². The highest BCUT2D eigenvalue weighted by Gasteiger charge is 2.17. The zero-order valence-corrected chi connectivity index (χ0v) is 27.8. The summed E-state index contributed by atoms with van der Waals surface area (Å²) in [5, 5.41) is 4.84. The molecule has 0 radical (unpaired) electrons. The first-order valence-corrected chi connectivity index (χ1v) is 16.6. The lowest BCUT2D eigenvalue weighted by Gasteiger charge is -2.22. The number of rotatable bonds is 15. The molecule has 0 unspecified atom stereocenters. The Labute approximate surface area is 273 Å². The molecule has 5 nitrogen and oxygen atoms in total. The summed E-state index contributed by atoms with van der Waals surface area (Å²) in [6.07, 6.45) is 3.07. The number of furan rings is 1. The molecule has 0 atom stereocenters. The van der Waals surface area contributed by atoms with Crippen molar-refractivity contribution in [2.24, 2.45) is 11.8 Å². The average molecular weight is 618 g/mol. The van der Waals surface area contributed by atoms with Crippen molar-refractivity contribution < 1.29 is 18.7 Å². The van der Waals surface area contributed by atoms with Gasteiger partial charge < -0.3 is 19.2 Å². The maximum Gasteiger partial charge on any atom is 0.305 e. The topological polar surface area (TPSA) is 60.7 Å². The minimum absolute atomic E-state index is 0.00578. The van der Waals surface area contributed by atoms with E-state index in [9.17, 15) is 4.79 Å². The quantitative estimate of drug-likeness (QED) is 0.0935. The summed E-state index contributed by atoms with van der Waals surface area (Å²) in [6.45, 7) is 11.7. The Bertz CT molecular complexity index is 1650. The van der Waals surface area contributed by atoms with Gasteiger partial charge in [-0.2, -0.15) is 0 Å². The van der Waals surface area contributed by atoms with E-state index in [1.54, 1.807) is 0 Å². The molecule has 0 saturated carbocycles. The molecule has 5 aromatic rings. The van der Waals surface area contributed by atoms with Gasteiger partial charge in [0.1, 0.15) is 17.1 Å². The van der Waals surface area contributed by atoms with Crippen LogP contribution in [0.15, 0.2) is 101 Å². The van der Waals surface area contributed by atoms with Crippen LogP contribution in [0.4, 0.5) is 5.69 Å². The molecule has 46 heavy (non-hydrogen) atoms. The normalized spacial score (nSPS) is 11.5. The van der Waals surface area contributed by atoms with Crippen molar-refractivity contribution >= 4 is 22.6 Å². The first-order valence-electron chi connectivity index (χ1n) is 16.6. The Kier molecular flexibility index (Phi) is 11.2. The third kappa shape index (κ3) is 8.81. The molecule has 0 aliphatic rings. The van der Waals surface area contributed by atoms with Crippen LogP contribution >= 0.6 is 0 Å². The van der Waals surface area contributed by atoms with Crippen LogP contribution in [0.3, 0.4) is 0 Å². The Hall–Kier alpha value is -4.51. The van der Waals surface area contributed by atoms with Crippen molar-refractivity contribution in [3.63, 3.8) is 0 Å². The summed E-state index contributed by atoms with van der Waals surface area (Å²) in [5.74, 6) is 2.51. The summed E-state index contributed by atoms with van der Waals surface area (Å²) in [4.78, 5) is 11.7. The van der Waals surface area contributed by atoms with Gasteiger partial charge in [0.15, 0.2) is 0 Å². The number of carbonyl (C=O) groups excluding carboxylic acids is 1. The summed E-state index contributed by atoms with van der Waals surface area (Å²) < 4.78 is 17.4. The fraction of sp³-hybridized carbons (Fsp3) is 0.341. The van der Waals surface area contributed by atoms with E-state index in [2.05, 4.69) is 99.7 Å². The van der Waals surface area contributed by atoms with E-state index < -0.39 is 0 Å². The van der Waals surface area contributed by atoms with Crippen molar-refractivity contribution in [2.45, 2.75) is 66.3 Å². The fourth-order valence-corrected chi connectivity index (χ4v) is 5.85. The average Bonchev–Trinajstić information content (AvgIpc) is 3.46. The second-order valence-corrected chi connectivity index (χ2v) is 12.9. The number of ether oxygens (including phenoxy) is 2. The number of anilines is 1. The van der Waals surface area contributed by atoms with Gasteiger partial charge in [0.2, 0.25) is 0 Å². The molecule has 0 saturated heterocycles. The van der Waals surface area contributed by atoms with Crippen LogP contribution in [0.25, 0.3) is 22.3 Å². The number of hydrogen-bond acceptors (Lipinski definition) is 5. The zero-order valence-electron chi connectivity index (χ0n) is 27.8. The van der Waals surface area contributed by atoms with Gasteiger partial charge in [-0.25, -0.2) is 0 Å². The van der Waals surface area contributed by atoms with Crippen LogP contribution in [-0.4, -0.2) is 19.2 Å². The van der Waals surface area contributed by atoms with Crippen molar-refractivity contribution in [3.05, 3.63) is 119 Å². The molecule has 1 aromatic heterocycles. The van der Waals surface area contributed by atoms with Crippen molar-refractivity contribution in [3.8, 4) is 17.1 Å². The number of esters is 1. The molecule has 1 heterocycles. The van der Waals surface area contributed by atoms with E-state index in [1.807, 2.05) is 37.3 Å². The maximum absolute atomic E-state index is 11.7. The predicted octanol–water partition coefficient (Wildman–Crippen LogP) is 10.4. The highest BCUT2D eigenvalue weighted by molar-refractivity contribution is 5.87. The fourth-order valence-electron chi connectivity index (χ4n) is 5.85. The van der Waals surface area contributed by atoms with Crippen LogP contribution in [0.2, 0.25) is 0 Å². The summed E-state index contributed by atoms with van der Waals surface area (Å²) in [6, 6.07) is 34.3. The first-order chi connectivity index (χ1) is 22.3. The van der Waals surface area contributed by atoms with Gasteiger partial charge in [-0.3, -0.25) is 4.79 Å². The van der Waals surface area contributed by atoms with Gasteiger partial charge in [-0.05, 0) is 96.7 Å². The van der Waals surface area contributed by atoms with Gasteiger partial charge in [-0.15, -0.1) is 0 Å². The molecule has 0 spiro atoms. The number of carbonyl (C=O) groups is 1. The molecule has 0 bridgehead atoms. The van der Waals surface area contributed by atoms with Crippen LogP contribution in [0.5, 0.6) is 5.75 Å². The molecule has 0 amide bonds. The first kappa shape index (κ1) is 32.9. The van der Waals surface area contributed by atoms with Gasteiger partial charge in [0.25, 0.3) is 0 Å². The van der Waals surface area contributed by atoms with Gasteiger partial charge >= 0.3 is 5.97 Å². The van der Waals surface area contributed by atoms with E-state index >= 15 is 0 Å². The molecule has 0 aliphatic heterocycles. The molecule has 0 aliphatic carbocycles. The Balaban J connectivity index is 1.38. The minimum atomic E-state index is -0.199. The van der Waals surface area contributed by atoms with Crippen LogP contribution < -0.4 is 10.1 Å². The molecule has 5 heteroatoms. The van der Waals surface area contributed by atoms with Crippen LogP contribution in [-0.2, 0) is 22.4 Å². The Morgan fingerprint density at radius 1 is 0.783 bits per heavy atom. The largest absolute Gasteiger partial charge is 0.493 e. The summed E-state index contributed by atoms with van der Waals surface area (Å²) in [7, 11) is 0. The molecule has 0 fully saturated rings. The Morgan fingerprint density at radius 2 is 1.41 bits per heavy atom. The lowest BCUT2D eigenvalue weighted by Crippen LogP contribution is -2.12. The monoisotopic (exact) mass is 617 g/mol. The number of fused-ring (bicyclic) bond motifs is 1. The van der Waals surface area contributed by atoms with E-state index in [-0.39, 0.29) is 12.0 Å². The molecule has 240 valence electrons. The van der Waals surface area contributed by atoms with E-state index in [0.29, 0.717) is 37.9 Å². The molecule has 1 N–H and O–H groups in total. The molecule has 4 aromatic carbocycles. The highest BCUT2D eigenvalue weighted by atomic mass is 16.5. The number of para-hydroxylation sites is 1. The third-order valence-electron chi connectivity index (χ3n) is 7.98. The minimum Gasteiger partial charge on any atom is -0.493 e. The SMILES string of the molecule is CCOC(=O)CCCOc1ccccc1-c1cc2cc(NC(c3ccc(CC(C)C)cc3)c3ccc(CC(C)C)cc3)ccc2o1. The lowest BCUT2D eigenvalue weighted by atomic mass is 9.93. The Morgan fingerprint density at radius 3 is 2.02 bits per heavy atom. The van der Waals surface area contributed by atoms with E-state index in [0.717, 1.165) is 46.6 Å². The lowest BCUT2D eigenvalue weighted by molar-refractivity contribution is -0.143. The number of hydrogen-bond donors (Lipinski definition) is 1. The van der Waals surface area contributed by atoms with E-state index in [4.69, 9.17) is 13.9 Å². The van der Waals surface area contributed by atoms with Crippen molar-refractivity contribution in [1.29, 1.82) is 0 Å². The third-order valence-corrected chi connectivity index (χ3v) is 7.98.